The first-order valence-corrected chi connectivity index (χ1v) is 14.2. The molecule has 3 heterocycles. The zero-order valence-corrected chi connectivity index (χ0v) is 23.1. The zero-order valence-electron chi connectivity index (χ0n) is 22.2. The van der Waals surface area contributed by atoms with Gasteiger partial charge in [-0.3, -0.25) is 14.2 Å². The van der Waals surface area contributed by atoms with Gasteiger partial charge in [-0.05, 0) is 103 Å². The van der Waals surface area contributed by atoms with Gasteiger partial charge in [-0.25, -0.2) is 8.78 Å². The van der Waals surface area contributed by atoms with Crippen LogP contribution in [-0.4, -0.2) is 28.2 Å². The van der Waals surface area contributed by atoms with E-state index >= 15 is 4.39 Å². The fourth-order valence-electron chi connectivity index (χ4n) is 4.76. The number of halogens is 2. The number of amides is 1. The van der Waals surface area contributed by atoms with Crippen molar-refractivity contribution < 1.29 is 18.3 Å². The number of dihydropyridines is 1. The Bertz CT molecular complexity index is 1640. The van der Waals surface area contributed by atoms with Crippen LogP contribution >= 0.6 is 11.8 Å². The standard InChI is InChI=1S/C31H28F2N4O3S/c1-19-2-8-25(31(39)37(19)24-6-3-22(32)4-7-24)30(38)36-23-5-9-28(26(33)17-23)40-29-16-21(18-35-27(29)10-13-34)20-11-14-41-15-12-20/h2-10,13,16-18,20,34-35H,11-12,14-15H2,1H3,(H,36,38)/b27-10-,34-13?. The second-order valence-corrected chi connectivity index (χ2v) is 10.9. The van der Waals surface area contributed by atoms with Gasteiger partial charge in [0.1, 0.15) is 11.4 Å². The molecule has 0 atom stereocenters. The number of carbonyl (C=O) groups excluding carboxylic acids is 1. The van der Waals surface area contributed by atoms with Crippen molar-refractivity contribution in [3.05, 3.63) is 123 Å². The Morgan fingerprint density at radius 3 is 2.59 bits per heavy atom. The molecule has 0 aliphatic carbocycles. The Balaban J connectivity index is 1.35. The molecule has 1 amide bonds. The Morgan fingerprint density at radius 1 is 1.12 bits per heavy atom. The second-order valence-electron chi connectivity index (χ2n) is 9.64. The molecule has 7 nitrogen and oxygen atoms in total. The van der Waals surface area contributed by atoms with E-state index in [2.05, 4.69) is 10.6 Å². The number of rotatable bonds is 7. The van der Waals surface area contributed by atoms with Gasteiger partial charge in [-0.2, -0.15) is 11.8 Å². The summed E-state index contributed by atoms with van der Waals surface area (Å²) in [6, 6.07) is 12.4. The molecule has 5 rings (SSSR count). The molecular weight excluding hydrogens is 546 g/mol. The molecule has 10 heteroatoms. The van der Waals surface area contributed by atoms with Crippen LogP contribution in [0.15, 0.2) is 94.8 Å². The lowest BCUT2D eigenvalue weighted by Gasteiger charge is -2.26. The first-order chi connectivity index (χ1) is 19.8. The molecule has 2 aromatic carbocycles. The van der Waals surface area contributed by atoms with Gasteiger partial charge in [0, 0.05) is 35.5 Å². The average Bonchev–Trinajstić information content (AvgIpc) is 2.97. The van der Waals surface area contributed by atoms with Crippen LogP contribution in [0.1, 0.15) is 28.9 Å². The summed E-state index contributed by atoms with van der Waals surface area (Å²) in [6.07, 6.45) is 8.54. The van der Waals surface area contributed by atoms with Crippen molar-refractivity contribution in [1.82, 2.24) is 9.88 Å². The van der Waals surface area contributed by atoms with E-state index in [1.165, 1.54) is 53.1 Å². The van der Waals surface area contributed by atoms with Gasteiger partial charge in [-0.15, -0.1) is 0 Å². The highest BCUT2D eigenvalue weighted by atomic mass is 32.2. The highest BCUT2D eigenvalue weighted by Crippen LogP contribution is 2.33. The highest BCUT2D eigenvalue weighted by molar-refractivity contribution is 7.99. The van der Waals surface area contributed by atoms with Gasteiger partial charge >= 0.3 is 0 Å². The van der Waals surface area contributed by atoms with E-state index in [9.17, 15) is 14.0 Å². The third-order valence-corrected chi connectivity index (χ3v) is 7.97. The molecule has 210 valence electrons. The molecule has 3 aromatic rings. The van der Waals surface area contributed by atoms with E-state index in [-0.39, 0.29) is 17.0 Å². The molecule has 1 fully saturated rings. The Labute approximate surface area is 240 Å². The van der Waals surface area contributed by atoms with Gasteiger partial charge in [0.2, 0.25) is 0 Å². The van der Waals surface area contributed by atoms with Gasteiger partial charge in [0.15, 0.2) is 17.3 Å². The van der Waals surface area contributed by atoms with Crippen LogP contribution in [0.2, 0.25) is 0 Å². The highest BCUT2D eigenvalue weighted by Gasteiger charge is 2.23. The number of benzene rings is 2. The normalized spacial score (nSPS) is 16.4. The summed E-state index contributed by atoms with van der Waals surface area (Å²) in [5.74, 6) is 1.01. The van der Waals surface area contributed by atoms with Crippen LogP contribution in [0.25, 0.3) is 5.69 Å². The number of aryl methyl sites for hydroxylation is 1. The first kappa shape index (κ1) is 28.1. The third-order valence-electron chi connectivity index (χ3n) is 6.92. The van der Waals surface area contributed by atoms with Crippen LogP contribution in [0.3, 0.4) is 0 Å². The maximum atomic E-state index is 15.2. The number of nitrogens with one attached hydrogen (secondary N) is 3. The monoisotopic (exact) mass is 574 g/mol. The van der Waals surface area contributed by atoms with Crippen molar-refractivity contribution in [3.63, 3.8) is 0 Å². The maximum Gasteiger partial charge on any atom is 0.268 e. The van der Waals surface area contributed by atoms with E-state index in [1.807, 2.05) is 24.0 Å². The third kappa shape index (κ3) is 6.33. The van der Waals surface area contributed by atoms with E-state index in [0.717, 1.165) is 42.2 Å². The van der Waals surface area contributed by atoms with Crippen LogP contribution < -0.4 is 20.9 Å². The molecule has 3 N–H and O–H groups in total. The van der Waals surface area contributed by atoms with Gasteiger partial charge in [-0.1, -0.05) is 0 Å². The SMILES string of the molecule is Cc1ccc(C(=O)Nc2ccc(OC3=CC(C4CCSCC4)=CN/C3=C\C=N)c(F)c2)c(=O)n1-c1ccc(F)cc1. The van der Waals surface area contributed by atoms with Crippen LogP contribution in [-0.2, 0) is 0 Å². The lowest BCUT2D eigenvalue weighted by atomic mass is 9.92. The summed E-state index contributed by atoms with van der Waals surface area (Å²) in [7, 11) is 0. The summed E-state index contributed by atoms with van der Waals surface area (Å²) in [4.78, 5) is 26.2. The molecule has 0 spiro atoms. The zero-order chi connectivity index (χ0) is 28.9. The molecular formula is C31H28F2N4O3S. The minimum Gasteiger partial charge on any atom is -0.452 e. The number of hydrogen-bond acceptors (Lipinski definition) is 6. The number of carbonyl (C=O) groups is 1. The molecule has 0 unspecified atom stereocenters. The molecule has 41 heavy (non-hydrogen) atoms. The second kappa shape index (κ2) is 12.4. The Kier molecular flexibility index (Phi) is 8.49. The molecule has 0 radical (unpaired) electrons. The molecule has 1 saturated heterocycles. The summed E-state index contributed by atoms with van der Waals surface area (Å²) in [6.45, 7) is 1.70. The van der Waals surface area contributed by atoms with Gasteiger partial charge < -0.3 is 20.8 Å². The lowest BCUT2D eigenvalue weighted by Crippen LogP contribution is -2.29. The van der Waals surface area contributed by atoms with Crippen LogP contribution in [0, 0.1) is 29.9 Å². The summed E-state index contributed by atoms with van der Waals surface area (Å²) in [5, 5.41) is 13.2. The van der Waals surface area contributed by atoms with Crippen molar-refractivity contribution in [1.29, 1.82) is 5.41 Å². The number of hydrogen-bond donors (Lipinski definition) is 3. The number of ether oxygens (including phenoxy) is 1. The predicted octanol–water partition coefficient (Wildman–Crippen LogP) is 6.10. The summed E-state index contributed by atoms with van der Waals surface area (Å²) >= 11 is 1.93. The molecule has 0 bridgehead atoms. The van der Waals surface area contributed by atoms with E-state index < -0.39 is 23.1 Å². The quantitative estimate of drug-likeness (QED) is 0.296. The van der Waals surface area contributed by atoms with E-state index in [0.29, 0.717) is 28.8 Å². The van der Waals surface area contributed by atoms with Crippen molar-refractivity contribution in [2.24, 2.45) is 5.92 Å². The Morgan fingerprint density at radius 2 is 1.88 bits per heavy atom. The van der Waals surface area contributed by atoms with Crippen LogP contribution in [0.4, 0.5) is 14.5 Å². The minimum atomic E-state index is -0.713. The van der Waals surface area contributed by atoms with Crippen molar-refractivity contribution in [3.8, 4) is 11.4 Å². The maximum absolute atomic E-state index is 15.2. The fourth-order valence-corrected chi connectivity index (χ4v) is 5.87. The van der Waals surface area contributed by atoms with Gasteiger partial charge in [0.25, 0.3) is 11.5 Å². The number of anilines is 1. The topological polar surface area (TPSA) is 96.2 Å². The van der Waals surface area contributed by atoms with Gasteiger partial charge in [0.05, 0.1) is 5.70 Å². The number of thioether (sulfide) groups is 1. The summed E-state index contributed by atoms with van der Waals surface area (Å²) in [5.41, 5.74) is 1.98. The number of allylic oxidation sites excluding steroid dienone is 3. The lowest BCUT2D eigenvalue weighted by molar-refractivity contribution is 0.102. The number of aromatic nitrogens is 1. The largest absolute Gasteiger partial charge is 0.452 e. The molecule has 2 aliphatic rings. The Hall–Kier alpha value is -4.44. The fraction of sp³-hybridized carbons (Fsp3) is 0.194. The molecule has 0 saturated carbocycles. The molecule has 1 aromatic heterocycles. The summed E-state index contributed by atoms with van der Waals surface area (Å²) < 4.78 is 35.8. The number of nitrogens with zero attached hydrogens (tertiary/aromatic N) is 1. The average molecular weight is 575 g/mol. The van der Waals surface area contributed by atoms with E-state index in [1.54, 1.807) is 13.0 Å². The van der Waals surface area contributed by atoms with Crippen molar-refractivity contribution in [2.45, 2.75) is 19.8 Å². The first-order valence-electron chi connectivity index (χ1n) is 13.1. The van der Waals surface area contributed by atoms with Crippen LogP contribution in [0.5, 0.6) is 5.75 Å². The molecule has 2 aliphatic heterocycles. The predicted molar refractivity (Wildman–Crippen MR) is 158 cm³/mol. The smallest absolute Gasteiger partial charge is 0.268 e. The number of pyridine rings is 1. The van der Waals surface area contributed by atoms with Crippen molar-refractivity contribution >= 4 is 29.6 Å². The van der Waals surface area contributed by atoms with E-state index in [4.69, 9.17) is 10.1 Å². The van der Waals surface area contributed by atoms with Crippen molar-refractivity contribution in [2.75, 3.05) is 16.8 Å². The minimum absolute atomic E-state index is 0.0543.